The van der Waals surface area contributed by atoms with Gasteiger partial charge in [-0.05, 0) is 49.7 Å². The standard InChI is InChI=1S/C25H27F2N5OS/c1-4-32(3)34(33)31-22-8-7-21(26)23(24(22)27)16(2)20-15-30-25-19(20)13-18(14-29-25)6-5-17-9-11-28-12-10-17/h7-8,13-15,17,28,31H,2,4,9-12H2,1,3H3,(H,29,30). The van der Waals surface area contributed by atoms with Crippen LogP contribution in [0, 0.1) is 29.4 Å². The first-order valence-corrected chi connectivity index (χ1v) is 12.3. The van der Waals surface area contributed by atoms with E-state index in [1.807, 2.05) is 13.0 Å². The molecule has 0 aliphatic carbocycles. The van der Waals surface area contributed by atoms with Crippen molar-refractivity contribution in [2.24, 2.45) is 5.92 Å². The molecule has 0 bridgehead atoms. The molecule has 1 unspecified atom stereocenters. The Morgan fingerprint density at radius 2 is 2.12 bits per heavy atom. The molecule has 0 amide bonds. The van der Waals surface area contributed by atoms with Crippen LogP contribution in [0.2, 0.25) is 0 Å². The second-order valence-corrected chi connectivity index (χ2v) is 9.50. The molecule has 1 fully saturated rings. The van der Waals surface area contributed by atoms with E-state index in [0.717, 1.165) is 37.6 Å². The number of hydrogen-bond acceptors (Lipinski definition) is 3. The molecule has 1 aliphatic rings. The molecule has 2 aromatic heterocycles. The Labute approximate surface area is 200 Å². The maximum atomic E-state index is 15.3. The second-order valence-electron chi connectivity index (χ2n) is 8.17. The van der Waals surface area contributed by atoms with Gasteiger partial charge in [-0.2, -0.15) is 0 Å². The van der Waals surface area contributed by atoms with Gasteiger partial charge in [0.15, 0.2) is 17.0 Å². The number of nitrogens with one attached hydrogen (secondary N) is 3. The molecule has 34 heavy (non-hydrogen) atoms. The lowest BCUT2D eigenvalue weighted by Crippen LogP contribution is -2.26. The van der Waals surface area contributed by atoms with Gasteiger partial charge in [0, 0.05) is 48.4 Å². The number of anilines is 1. The van der Waals surface area contributed by atoms with Crippen molar-refractivity contribution in [2.45, 2.75) is 19.8 Å². The Kier molecular flexibility index (Phi) is 7.41. The van der Waals surface area contributed by atoms with Gasteiger partial charge in [0.1, 0.15) is 11.5 Å². The minimum absolute atomic E-state index is 0.0670. The first-order chi connectivity index (χ1) is 16.4. The molecular weight excluding hydrogens is 456 g/mol. The van der Waals surface area contributed by atoms with Gasteiger partial charge in [-0.3, -0.25) is 4.72 Å². The maximum absolute atomic E-state index is 15.3. The zero-order valence-electron chi connectivity index (χ0n) is 19.2. The summed E-state index contributed by atoms with van der Waals surface area (Å²) in [7, 11) is 1.63. The van der Waals surface area contributed by atoms with E-state index in [-0.39, 0.29) is 16.8 Å². The highest BCUT2D eigenvalue weighted by molar-refractivity contribution is 7.84. The molecule has 3 aromatic rings. The molecule has 1 atom stereocenters. The fourth-order valence-corrected chi connectivity index (χ4v) is 4.54. The predicted molar refractivity (Wildman–Crippen MR) is 133 cm³/mol. The molecular formula is C25H27F2N5OS. The first kappa shape index (κ1) is 24.1. The van der Waals surface area contributed by atoms with Crippen LogP contribution in [0.4, 0.5) is 14.5 Å². The van der Waals surface area contributed by atoms with Gasteiger partial charge in [0.05, 0.1) is 11.3 Å². The van der Waals surface area contributed by atoms with Gasteiger partial charge in [0.25, 0.3) is 0 Å². The van der Waals surface area contributed by atoms with Crippen LogP contribution in [0.15, 0.2) is 37.2 Å². The molecule has 178 valence electrons. The van der Waals surface area contributed by atoms with E-state index in [9.17, 15) is 8.60 Å². The molecule has 4 rings (SSSR count). The summed E-state index contributed by atoms with van der Waals surface area (Å²) in [6.07, 6.45) is 5.34. The summed E-state index contributed by atoms with van der Waals surface area (Å²) >= 11 is -1.67. The molecule has 3 N–H and O–H groups in total. The lowest BCUT2D eigenvalue weighted by atomic mass is 9.97. The summed E-state index contributed by atoms with van der Waals surface area (Å²) in [6, 6.07) is 4.23. The molecule has 1 aromatic carbocycles. The number of fused-ring (bicyclic) bond motifs is 1. The van der Waals surface area contributed by atoms with Crippen LogP contribution in [-0.4, -0.2) is 45.2 Å². The summed E-state index contributed by atoms with van der Waals surface area (Å²) in [5.74, 6) is 5.23. The summed E-state index contributed by atoms with van der Waals surface area (Å²) in [5.41, 5.74) is 1.63. The molecule has 1 aliphatic heterocycles. The largest absolute Gasteiger partial charge is 0.346 e. The molecule has 1 saturated heterocycles. The highest BCUT2D eigenvalue weighted by Gasteiger charge is 2.21. The molecule has 0 radical (unpaired) electrons. The lowest BCUT2D eigenvalue weighted by molar-refractivity contribution is 0.447. The fourth-order valence-electron chi connectivity index (χ4n) is 3.80. The van der Waals surface area contributed by atoms with Crippen molar-refractivity contribution >= 4 is 33.5 Å². The van der Waals surface area contributed by atoms with Crippen LogP contribution < -0.4 is 10.0 Å². The zero-order valence-corrected chi connectivity index (χ0v) is 20.0. The minimum Gasteiger partial charge on any atom is -0.346 e. The van der Waals surface area contributed by atoms with E-state index >= 15 is 4.39 Å². The van der Waals surface area contributed by atoms with E-state index in [2.05, 4.69) is 38.4 Å². The minimum atomic E-state index is -1.67. The molecule has 0 spiro atoms. The van der Waals surface area contributed by atoms with Crippen molar-refractivity contribution < 1.29 is 13.0 Å². The van der Waals surface area contributed by atoms with Gasteiger partial charge in [-0.25, -0.2) is 22.3 Å². The van der Waals surface area contributed by atoms with Crippen molar-refractivity contribution in [2.75, 3.05) is 31.4 Å². The van der Waals surface area contributed by atoms with E-state index in [1.165, 1.54) is 10.4 Å². The number of nitrogens with zero attached hydrogens (tertiary/aromatic N) is 2. The molecule has 6 nitrogen and oxygen atoms in total. The van der Waals surface area contributed by atoms with Crippen LogP contribution in [0.25, 0.3) is 16.6 Å². The van der Waals surface area contributed by atoms with Crippen molar-refractivity contribution in [1.82, 2.24) is 19.6 Å². The van der Waals surface area contributed by atoms with Gasteiger partial charge in [-0.1, -0.05) is 25.3 Å². The Balaban J connectivity index is 1.67. The number of hydrogen-bond donors (Lipinski definition) is 3. The average molecular weight is 484 g/mol. The fraction of sp³-hybridized carbons (Fsp3) is 0.320. The zero-order chi connectivity index (χ0) is 24.2. The van der Waals surface area contributed by atoms with Crippen molar-refractivity contribution in [3.8, 4) is 11.8 Å². The number of benzene rings is 1. The van der Waals surface area contributed by atoms with E-state index in [4.69, 9.17) is 0 Å². The molecule has 0 saturated carbocycles. The van der Waals surface area contributed by atoms with E-state index in [1.54, 1.807) is 19.4 Å². The highest BCUT2D eigenvalue weighted by atomic mass is 32.2. The Hall–Kier alpha value is -3.06. The third kappa shape index (κ3) is 5.04. The number of rotatable bonds is 6. The predicted octanol–water partition coefficient (Wildman–Crippen LogP) is 4.20. The Bertz CT molecular complexity index is 1300. The van der Waals surface area contributed by atoms with Crippen molar-refractivity contribution in [3.05, 3.63) is 65.5 Å². The lowest BCUT2D eigenvalue weighted by Gasteiger charge is -2.17. The van der Waals surface area contributed by atoms with Crippen molar-refractivity contribution in [1.29, 1.82) is 0 Å². The third-order valence-electron chi connectivity index (χ3n) is 5.93. The smallest absolute Gasteiger partial charge is 0.196 e. The first-order valence-electron chi connectivity index (χ1n) is 11.2. The van der Waals surface area contributed by atoms with Crippen LogP contribution >= 0.6 is 0 Å². The maximum Gasteiger partial charge on any atom is 0.196 e. The molecule has 3 heterocycles. The molecule has 9 heteroatoms. The Morgan fingerprint density at radius 1 is 1.35 bits per heavy atom. The summed E-state index contributed by atoms with van der Waals surface area (Å²) in [6.45, 7) is 8.22. The van der Waals surface area contributed by atoms with Crippen LogP contribution in [0.3, 0.4) is 0 Å². The SMILES string of the molecule is C=C(c1c(F)ccc(NS(=O)N(C)CC)c1F)c1c[nH]c2ncc(C#CC3CCNCC3)cc12. The number of H-pyrrole nitrogens is 1. The normalized spacial score (nSPS) is 15.2. The number of halogens is 2. The van der Waals surface area contributed by atoms with E-state index in [0.29, 0.717) is 29.1 Å². The monoisotopic (exact) mass is 483 g/mol. The van der Waals surface area contributed by atoms with Gasteiger partial charge < -0.3 is 10.3 Å². The number of aromatic amines is 1. The van der Waals surface area contributed by atoms with Crippen molar-refractivity contribution in [3.63, 3.8) is 0 Å². The van der Waals surface area contributed by atoms with Gasteiger partial charge in [0.2, 0.25) is 0 Å². The average Bonchev–Trinajstić information content (AvgIpc) is 3.28. The number of aromatic nitrogens is 2. The quantitative estimate of drug-likeness (QED) is 0.460. The van der Waals surface area contributed by atoms with Gasteiger partial charge >= 0.3 is 0 Å². The highest BCUT2D eigenvalue weighted by Crippen LogP contribution is 2.34. The summed E-state index contributed by atoms with van der Waals surface area (Å²) in [4.78, 5) is 7.45. The van der Waals surface area contributed by atoms with Crippen LogP contribution in [0.5, 0.6) is 0 Å². The van der Waals surface area contributed by atoms with Gasteiger partial charge in [-0.15, -0.1) is 0 Å². The second kappa shape index (κ2) is 10.5. The summed E-state index contributed by atoms with van der Waals surface area (Å²) < 4.78 is 46.5. The van der Waals surface area contributed by atoms with E-state index < -0.39 is 22.8 Å². The Morgan fingerprint density at radius 3 is 2.85 bits per heavy atom. The topological polar surface area (TPSA) is 73.0 Å². The third-order valence-corrected chi connectivity index (χ3v) is 7.15. The van der Waals surface area contributed by atoms with Crippen LogP contribution in [-0.2, 0) is 11.2 Å². The number of pyridine rings is 1. The van der Waals surface area contributed by atoms with Crippen LogP contribution in [0.1, 0.15) is 36.5 Å². The summed E-state index contributed by atoms with van der Waals surface area (Å²) in [5, 5.41) is 4.00. The number of piperidine rings is 1.